The summed E-state index contributed by atoms with van der Waals surface area (Å²) < 4.78 is 29.5. The molecule has 0 radical (unpaired) electrons. The number of carbonyl (C=O) groups excluding carboxylic acids is 1. The van der Waals surface area contributed by atoms with Crippen molar-refractivity contribution in [2.45, 2.75) is 6.54 Å². The highest BCUT2D eigenvalue weighted by Gasteiger charge is 2.23. The summed E-state index contributed by atoms with van der Waals surface area (Å²) in [6.45, 7) is 4.07. The second-order valence-corrected chi connectivity index (χ2v) is 7.87. The first-order chi connectivity index (χ1) is 11.4. The lowest BCUT2D eigenvalue weighted by atomic mass is 10.1. The van der Waals surface area contributed by atoms with Gasteiger partial charge < -0.3 is 10.1 Å². The van der Waals surface area contributed by atoms with Crippen molar-refractivity contribution in [3.63, 3.8) is 0 Å². The van der Waals surface area contributed by atoms with Crippen LogP contribution < -0.4 is 5.32 Å². The van der Waals surface area contributed by atoms with E-state index in [4.69, 9.17) is 4.74 Å². The summed E-state index contributed by atoms with van der Waals surface area (Å²) in [6.07, 6.45) is 1.24. The van der Waals surface area contributed by atoms with Gasteiger partial charge in [-0.05, 0) is 17.7 Å². The number of sulfonamides is 1. The van der Waals surface area contributed by atoms with E-state index in [1.807, 2.05) is 18.2 Å². The molecule has 0 aliphatic carbocycles. The number of rotatable bonds is 7. The number of hydrogen-bond donors (Lipinski definition) is 1. The molecule has 1 fully saturated rings. The van der Waals surface area contributed by atoms with Crippen LogP contribution in [-0.4, -0.2) is 76.2 Å². The van der Waals surface area contributed by atoms with E-state index < -0.39 is 10.0 Å². The highest BCUT2D eigenvalue weighted by Crippen LogP contribution is 2.12. The monoisotopic (exact) mass is 355 g/mol. The van der Waals surface area contributed by atoms with E-state index in [9.17, 15) is 13.2 Å². The number of nitrogens with one attached hydrogen (secondary N) is 1. The normalized spacial score (nSPS) is 16.9. The fraction of sp³-hybridized carbons (Fsp3) is 0.562. The third-order valence-electron chi connectivity index (χ3n) is 3.99. The Bertz CT molecular complexity index is 655. The summed E-state index contributed by atoms with van der Waals surface area (Å²) in [5.41, 5.74) is 1.67. The van der Waals surface area contributed by atoms with Crippen LogP contribution in [0.3, 0.4) is 0 Å². The summed E-state index contributed by atoms with van der Waals surface area (Å²) in [4.78, 5) is 14.3. The SMILES string of the molecule is COCCNC(=O)c1cccc(CN2CCN(S(C)(=O)=O)CC2)c1. The molecule has 0 unspecified atom stereocenters. The first-order valence-corrected chi connectivity index (χ1v) is 9.78. The van der Waals surface area contributed by atoms with Crippen LogP contribution in [0.5, 0.6) is 0 Å². The number of amides is 1. The van der Waals surface area contributed by atoms with Crippen molar-refractivity contribution in [1.29, 1.82) is 0 Å². The lowest BCUT2D eigenvalue weighted by molar-refractivity contribution is 0.0937. The lowest BCUT2D eigenvalue weighted by Gasteiger charge is -2.33. The smallest absolute Gasteiger partial charge is 0.251 e. The number of nitrogens with zero attached hydrogens (tertiary/aromatic N) is 2. The second-order valence-electron chi connectivity index (χ2n) is 5.89. The Hall–Kier alpha value is -1.48. The molecule has 0 saturated carbocycles. The van der Waals surface area contributed by atoms with Crippen LogP contribution in [0.15, 0.2) is 24.3 Å². The molecule has 1 aromatic rings. The zero-order chi connectivity index (χ0) is 17.6. The molecule has 8 heteroatoms. The molecule has 1 saturated heterocycles. The van der Waals surface area contributed by atoms with Gasteiger partial charge in [-0.15, -0.1) is 0 Å². The van der Waals surface area contributed by atoms with Gasteiger partial charge in [0.05, 0.1) is 12.9 Å². The molecular weight excluding hydrogens is 330 g/mol. The highest BCUT2D eigenvalue weighted by atomic mass is 32.2. The van der Waals surface area contributed by atoms with E-state index in [2.05, 4.69) is 10.2 Å². The van der Waals surface area contributed by atoms with Crippen LogP contribution >= 0.6 is 0 Å². The third kappa shape index (κ3) is 5.55. The predicted octanol–water partition coefficient (Wildman–Crippen LogP) is 0.140. The number of benzene rings is 1. The van der Waals surface area contributed by atoms with Gasteiger partial charge in [-0.3, -0.25) is 9.69 Å². The largest absolute Gasteiger partial charge is 0.383 e. The summed E-state index contributed by atoms with van der Waals surface area (Å²) in [6, 6.07) is 7.51. The van der Waals surface area contributed by atoms with Crippen molar-refractivity contribution in [3.05, 3.63) is 35.4 Å². The Morgan fingerprint density at radius 1 is 1.25 bits per heavy atom. The average molecular weight is 355 g/mol. The highest BCUT2D eigenvalue weighted by molar-refractivity contribution is 7.88. The van der Waals surface area contributed by atoms with E-state index in [0.29, 0.717) is 51.4 Å². The van der Waals surface area contributed by atoms with Gasteiger partial charge in [-0.25, -0.2) is 8.42 Å². The lowest BCUT2D eigenvalue weighted by Crippen LogP contribution is -2.47. The summed E-state index contributed by atoms with van der Waals surface area (Å²) in [5, 5.41) is 2.80. The van der Waals surface area contributed by atoms with Gasteiger partial charge in [0.1, 0.15) is 0 Å². The topological polar surface area (TPSA) is 79.0 Å². The van der Waals surface area contributed by atoms with Crippen molar-refractivity contribution in [3.8, 4) is 0 Å². The van der Waals surface area contributed by atoms with Crippen LogP contribution in [0.25, 0.3) is 0 Å². The van der Waals surface area contributed by atoms with E-state index >= 15 is 0 Å². The van der Waals surface area contributed by atoms with Crippen LogP contribution in [-0.2, 0) is 21.3 Å². The Balaban J connectivity index is 1.90. The Morgan fingerprint density at radius 2 is 1.96 bits per heavy atom. The molecule has 1 aliphatic rings. The van der Waals surface area contributed by atoms with Crippen molar-refractivity contribution in [2.75, 3.05) is 52.7 Å². The number of piperazine rings is 1. The maximum atomic E-state index is 12.1. The van der Waals surface area contributed by atoms with Crippen molar-refractivity contribution >= 4 is 15.9 Å². The maximum absolute atomic E-state index is 12.1. The average Bonchev–Trinajstić information content (AvgIpc) is 2.55. The van der Waals surface area contributed by atoms with Gasteiger partial charge in [0.25, 0.3) is 5.91 Å². The Kier molecular flexibility index (Phi) is 6.73. The van der Waals surface area contributed by atoms with E-state index in [0.717, 1.165) is 5.56 Å². The quantitative estimate of drug-likeness (QED) is 0.704. The predicted molar refractivity (Wildman–Crippen MR) is 92.3 cm³/mol. The van der Waals surface area contributed by atoms with Gasteiger partial charge >= 0.3 is 0 Å². The molecule has 24 heavy (non-hydrogen) atoms. The van der Waals surface area contributed by atoms with Gasteiger partial charge in [-0.2, -0.15) is 4.31 Å². The van der Waals surface area contributed by atoms with Crippen LogP contribution in [0.2, 0.25) is 0 Å². The molecule has 0 atom stereocenters. The molecule has 1 heterocycles. The standard InChI is InChI=1S/C16H25N3O4S/c1-23-11-6-17-16(20)15-5-3-4-14(12-15)13-18-7-9-19(10-8-18)24(2,21)22/h3-5,12H,6-11,13H2,1-2H3,(H,17,20). The van der Waals surface area contributed by atoms with Crippen LogP contribution in [0.1, 0.15) is 15.9 Å². The van der Waals surface area contributed by atoms with Crippen LogP contribution in [0, 0.1) is 0 Å². The zero-order valence-electron chi connectivity index (χ0n) is 14.2. The van der Waals surface area contributed by atoms with Gasteiger partial charge in [0.2, 0.25) is 10.0 Å². The van der Waals surface area contributed by atoms with Gasteiger partial charge in [0.15, 0.2) is 0 Å². The van der Waals surface area contributed by atoms with Crippen molar-refractivity contribution in [1.82, 2.24) is 14.5 Å². The minimum absolute atomic E-state index is 0.115. The first kappa shape index (κ1) is 18.9. The molecule has 134 valence electrons. The molecule has 1 aliphatic heterocycles. The molecule has 2 rings (SSSR count). The molecule has 7 nitrogen and oxygen atoms in total. The number of hydrogen-bond acceptors (Lipinski definition) is 5. The summed E-state index contributed by atoms with van der Waals surface area (Å²) in [7, 11) is -1.51. The number of carbonyl (C=O) groups is 1. The number of methoxy groups -OCH3 is 1. The second kappa shape index (κ2) is 8.57. The van der Waals surface area contributed by atoms with Crippen LogP contribution in [0.4, 0.5) is 0 Å². The molecular formula is C16H25N3O4S. The molecule has 1 amide bonds. The fourth-order valence-electron chi connectivity index (χ4n) is 2.66. The molecule has 1 N–H and O–H groups in total. The molecule has 1 aromatic carbocycles. The third-order valence-corrected chi connectivity index (χ3v) is 5.29. The molecule has 0 bridgehead atoms. The first-order valence-electron chi connectivity index (χ1n) is 7.93. The molecule has 0 aromatic heterocycles. The molecule has 0 spiro atoms. The van der Waals surface area contributed by atoms with E-state index in [1.54, 1.807) is 13.2 Å². The summed E-state index contributed by atoms with van der Waals surface area (Å²) >= 11 is 0. The van der Waals surface area contributed by atoms with Crippen molar-refractivity contribution in [2.24, 2.45) is 0 Å². The fourth-order valence-corrected chi connectivity index (χ4v) is 3.48. The minimum Gasteiger partial charge on any atom is -0.383 e. The van der Waals surface area contributed by atoms with E-state index in [-0.39, 0.29) is 5.91 Å². The van der Waals surface area contributed by atoms with Gasteiger partial charge in [-0.1, -0.05) is 12.1 Å². The van der Waals surface area contributed by atoms with Crippen molar-refractivity contribution < 1.29 is 17.9 Å². The zero-order valence-corrected chi connectivity index (χ0v) is 15.0. The minimum atomic E-state index is -3.11. The Morgan fingerprint density at radius 3 is 2.58 bits per heavy atom. The van der Waals surface area contributed by atoms with E-state index in [1.165, 1.54) is 10.6 Å². The Labute approximate surface area is 143 Å². The number of ether oxygens (including phenoxy) is 1. The summed E-state index contributed by atoms with van der Waals surface area (Å²) in [5.74, 6) is -0.115. The van der Waals surface area contributed by atoms with Gasteiger partial charge in [0, 0.05) is 51.9 Å². The maximum Gasteiger partial charge on any atom is 0.251 e.